The summed E-state index contributed by atoms with van der Waals surface area (Å²) in [5.41, 5.74) is 5.63. The molecule has 4 heterocycles. The molecule has 5 rings (SSSR count). The van der Waals surface area contributed by atoms with E-state index in [2.05, 4.69) is 50.6 Å². The second kappa shape index (κ2) is 9.76. The largest absolute Gasteiger partial charge is 0.378 e. The van der Waals surface area contributed by atoms with Crippen molar-refractivity contribution < 1.29 is 13.5 Å². The SMILES string of the molecule is CCc1cc(-c2cc3nccnc3c(NCC3CNCC(F)(F)C3)n2)ccc1N1CCOCC1. The Morgan fingerprint density at radius 1 is 1.18 bits per heavy atom. The Morgan fingerprint density at radius 3 is 2.79 bits per heavy atom. The highest BCUT2D eigenvalue weighted by atomic mass is 19.3. The first kappa shape index (κ1) is 22.9. The highest BCUT2D eigenvalue weighted by Gasteiger charge is 2.36. The molecule has 1 unspecified atom stereocenters. The summed E-state index contributed by atoms with van der Waals surface area (Å²) in [6.07, 6.45) is 4.04. The molecule has 0 saturated carbocycles. The van der Waals surface area contributed by atoms with Crippen LogP contribution in [-0.4, -0.2) is 66.8 Å². The van der Waals surface area contributed by atoms with E-state index in [1.807, 2.05) is 6.07 Å². The van der Waals surface area contributed by atoms with Gasteiger partial charge in [0.1, 0.15) is 5.52 Å². The average molecular weight is 469 g/mol. The van der Waals surface area contributed by atoms with Crippen molar-refractivity contribution in [1.29, 1.82) is 0 Å². The van der Waals surface area contributed by atoms with Crippen LogP contribution < -0.4 is 15.5 Å². The first-order valence-electron chi connectivity index (χ1n) is 11.9. The normalized spacial score (nSPS) is 20.4. The van der Waals surface area contributed by atoms with Gasteiger partial charge in [0.2, 0.25) is 0 Å². The van der Waals surface area contributed by atoms with E-state index in [0.29, 0.717) is 24.4 Å². The second-order valence-electron chi connectivity index (χ2n) is 9.01. The minimum absolute atomic E-state index is 0.140. The quantitative estimate of drug-likeness (QED) is 0.571. The number of nitrogens with zero attached hydrogens (tertiary/aromatic N) is 4. The summed E-state index contributed by atoms with van der Waals surface area (Å²) >= 11 is 0. The molecule has 0 spiro atoms. The molecule has 3 aromatic rings. The molecule has 0 amide bonds. The highest BCUT2D eigenvalue weighted by Crippen LogP contribution is 2.31. The summed E-state index contributed by atoms with van der Waals surface area (Å²) in [6, 6.07) is 8.37. The lowest BCUT2D eigenvalue weighted by atomic mass is 9.97. The standard InChI is InChI=1S/C25H30F2N6O/c1-2-18-11-19(3-4-22(18)33-7-9-34-10-8-33)20-12-21-23(30-6-5-29-21)24(32-20)31-15-17-13-25(26,27)16-28-14-17/h3-6,11-12,17,28H,2,7-10,13-16H2,1H3,(H,31,32). The van der Waals surface area contributed by atoms with Crippen LogP contribution in [-0.2, 0) is 11.2 Å². The monoisotopic (exact) mass is 468 g/mol. The molecule has 0 aliphatic carbocycles. The van der Waals surface area contributed by atoms with E-state index in [1.165, 1.54) is 11.3 Å². The van der Waals surface area contributed by atoms with Gasteiger partial charge >= 0.3 is 0 Å². The second-order valence-corrected chi connectivity index (χ2v) is 9.01. The number of ether oxygens (including phenoxy) is 1. The lowest BCUT2D eigenvalue weighted by Gasteiger charge is -2.31. The molecule has 180 valence electrons. The number of benzene rings is 1. The average Bonchev–Trinajstić information content (AvgIpc) is 2.86. The number of fused-ring (bicyclic) bond motifs is 1. The number of aryl methyl sites for hydroxylation is 1. The van der Waals surface area contributed by atoms with Gasteiger partial charge in [0, 0.05) is 56.2 Å². The summed E-state index contributed by atoms with van der Waals surface area (Å²) in [7, 11) is 0. The molecule has 2 aliphatic rings. The number of alkyl halides is 2. The van der Waals surface area contributed by atoms with Crippen molar-refractivity contribution in [3.05, 3.63) is 42.2 Å². The van der Waals surface area contributed by atoms with Crippen molar-refractivity contribution in [3.8, 4) is 11.3 Å². The zero-order valence-electron chi connectivity index (χ0n) is 19.4. The van der Waals surface area contributed by atoms with Crippen molar-refractivity contribution in [2.45, 2.75) is 25.7 Å². The molecule has 2 aromatic heterocycles. The maximum Gasteiger partial charge on any atom is 0.260 e. The third-order valence-corrected chi connectivity index (χ3v) is 6.53. The van der Waals surface area contributed by atoms with Gasteiger partial charge in [-0.3, -0.25) is 4.98 Å². The van der Waals surface area contributed by atoms with Crippen LogP contribution in [0.25, 0.3) is 22.3 Å². The first-order valence-corrected chi connectivity index (χ1v) is 11.9. The van der Waals surface area contributed by atoms with Gasteiger partial charge in [-0.25, -0.2) is 18.7 Å². The molecule has 9 heteroatoms. The predicted molar refractivity (Wildman–Crippen MR) is 130 cm³/mol. The molecular weight excluding hydrogens is 438 g/mol. The summed E-state index contributed by atoms with van der Waals surface area (Å²) in [6.45, 7) is 6.10. The number of halogens is 2. The van der Waals surface area contributed by atoms with Gasteiger partial charge in [-0.1, -0.05) is 13.0 Å². The summed E-state index contributed by atoms with van der Waals surface area (Å²) in [4.78, 5) is 16.2. The Balaban J connectivity index is 1.44. The number of hydrogen-bond acceptors (Lipinski definition) is 7. The van der Waals surface area contributed by atoms with E-state index < -0.39 is 5.92 Å². The van der Waals surface area contributed by atoms with Crippen LogP contribution in [0.4, 0.5) is 20.3 Å². The summed E-state index contributed by atoms with van der Waals surface area (Å²) in [5.74, 6) is -2.30. The number of anilines is 2. The fraction of sp³-hybridized carbons (Fsp3) is 0.480. The smallest absolute Gasteiger partial charge is 0.260 e. The van der Waals surface area contributed by atoms with E-state index in [1.54, 1.807) is 12.4 Å². The molecule has 0 radical (unpaired) electrons. The van der Waals surface area contributed by atoms with E-state index in [0.717, 1.165) is 49.5 Å². The van der Waals surface area contributed by atoms with Crippen LogP contribution in [0.5, 0.6) is 0 Å². The molecule has 2 saturated heterocycles. The van der Waals surface area contributed by atoms with Gasteiger partial charge in [-0.15, -0.1) is 0 Å². The lowest BCUT2D eigenvalue weighted by Crippen LogP contribution is -2.45. The van der Waals surface area contributed by atoms with Gasteiger partial charge in [0.25, 0.3) is 5.92 Å². The molecule has 2 aliphatic heterocycles. The van der Waals surface area contributed by atoms with E-state index in [9.17, 15) is 8.78 Å². The van der Waals surface area contributed by atoms with Gasteiger partial charge in [-0.2, -0.15) is 0 Å². The van der Waals surface area contributed by atoms with Crippen LogP contribution in [0, 0.1) is 5.92 Å². The molecular formula is C25H30F2N6O. The Hall–Kier alpha value is -2.91. The number of hydrogen-bond donors (Lipinski definition) is 2. The topological polar surface area (TPSA) is 75.2 Å². The Labute approximate surface area is 198 Å². The van der Waals surface area contributed by atoms with Crippen LogP contribution in [0.3, 0.4) is 0 Å². The highest BCUT2D eigenvalue weighted by molar-refractivity contribution is 5.88. The van der Waals surface area contributed by atoms with Gasteiger partial charge in [0.15, 0.2) is 5.82 Å². The number of nitrogens with one attached hydrogen (secondary N) is 2. The number of morpholine rings is 1. The lowest BCUT2D eigenvalue weighted by molar-refractivity contribution is -0.0370. The molecule has 7 nitrogen and oxygen atoms in total. The fourth-order valence-electron chi connectivity index (χ4n) is 4.80. The van der Waals surface area contributed by atoms with Crippen LogP contribution in [0.1, 0.15) is 18.9 Å². The van der Waals surface area contributed by atoms with E-state index in [4.69, 9.17) is 9.72 Å². The molecule has 1 atom stereocenters. The zero-order chi connectivity index (χ0) is 23.5. The predicted octanol–water partition coefficient (Wildman–Crippen LogP) is 3.75. The third kappa shape index (κ3) is 4.95. The number of piperidine rings is 1. The maximum atomic E-state index is 13.8. The Morgan fingerprint density at radius 2 is 2.00 bits per heavy atom. The summed E-state index contributed by atoms with van der Waals surface area (Å²) < 4.78 is 33.1. The summed E-state index contributed by atoms with van der Waals surface area (Å²) in [5, 5.41) is 6.12. The maximum absolute atomic E-state index is 13.8. The molecule has 2 fully saturated rings. The fourth-order valence-corrected chi connectivity index (χ4v) is 4.80. The van der Waals surface area contributed by atoms with Crippen LogP contribution in [0.2, 0.25) is 0 Å². The zero-order valence-corrected chi connectivity index (χ0v) is 19.4. The van der Waals surface area contributed by atoms with Crippen molar-refractivity contribution in [3.63, 3.8) is 0 Å². The number of rotatable bonds is 6. The number of aromatic nitrogens is 3. The number of pyridine rings is 1. The third-order valence-electron chi connectivity index (χ3n) is 6.53. The van der Waals surface area contributed by atoms with Gasteiger partial charge < -0.3 is 20.3 Å². The molecule has 2 N–H and O–H groups in total. The molecule has 1 aromatic carbocycles. The van der Waals surface area contributed by atoms with Crippen molar-refractivity contribution in [1.82, 2.24) is 20.3 Å². The van der Waals surface area contributed by atoms with E-state index in [-0.39, 0.29) is 18.9 Å². The molecule has 34 heavy (non-hydrogen) atoms. The Bertz CT molecular complexity index is 1150. The van der Waals surface area contributed by atoms with Crippen molar-refractivity contribution in [2.24, 2.45) is 5.92 Å². The van der Waals surface area contributed by atoms with Crippen LogP contribution >= 0.6 is 0 Å². The minimum atomic E-state index is -2.68. The minimum Gasteiger partial charge on any atom is -0.378 e. The van der Waals surface area contributed by atoms with Gasteiger partial charge in [-0.05, 0) is 36.1 Å². The van der Waals surface area contributed by atoms with Crippen molar-refractivity contribution in [2.75, 3.05) is 56.2 Å². The Kier molecular flexibility index (Phi) is 6.56. The van der Waals surface area contributed by atoms with Gasteiger partial charge in [0.05, 0.1) is 31.0 Å². The first-order chi connectivity index (χ1) is 16.5. The van der Waals surface area contributed by atoms with Crippen LogP contribution in [0.15, 0.2) is 36.7 Å². The van der Waals surface area contributed by atoms with Crippen molar-refractivity contribution >= 4 is 22.5 Å². The van der Waals surface area contributed by atoms with E-state index >= 15 is 0 Å². The molecule has 0 bridgehead atoms.